The zero-order chi connectivity index (χ0) is 28.5. The Morgan fingerprint density at radius 1 is 0.875 bits per heavy atom. The molecule has 4 aromatic rings. The van der Waals surface area contributed by atoms with Crippen molar-refractivity contribution in [2.45, 2.75) is 25.8 Å². The topological polar surface area (TPSA) is 150 Å². The Balaban J connectivity index is 1.30. The van der Waals surface area contributed by atoms with Crippen LogP contribution in [0.15, 0.2) is 84.4 Å². The normalized spacial score (nSPS) is 11.2. The van der Waals surface area contributed by atoms with Crippen LogP contribution in [0.3, 0.4) is 0 Å². The first-order chi connectivity index (χ1) is 19.3. The number of nitrogens with zero attached hydrogens (tertiary/aromatic N) is 1. The molecule has 10 nitrogen and oxygen atoms in total. The molecule has 40 heavy (non-hydrogen) atoms. The van der Waals surface area contributed by atoms with Crippen molar-refractivity contribution >= 4 is 52.2 Å². The monoisotopic (exact) mass is 557 g/mol. The lowest BCUT2D eigenvalue weighted by Gasteiger charge is -2.16. The van der Waals surface area contributed by atoms with E-state index in [-0.39, 0.29) is 30.7 Å². The molecule has 0 fully saturated rings. The molecule has 1 unspecified atom stereocenters. The number of hydrogen-bond donors (Lipinski definition) is 5. The number of urea groups is 1. The molecular weight excluding hydrogens is 530 g/mol. The lowest BCUT2D eigenvalue weighted by Crippen LogP contribution is -2.30. The van der Waals surface area contributed by atoms with Crippen LogP contribution < -0.4 is 21.3 Å². The molecule has 2 heterocycles. The summed E-state index contributed by atoms with van der Waals surface area (Å²) in [6.45, 7) is 1.91. The second-order valence-electron chi connectivity index (χ2n) is 8.89. The van der Waals surface area contributed by atoms with Crippen molar-refractivity contribution in [1.82, 2.24) is 10.3 Å². The fourth-order valence-electron chi connectivity index (χ4n) is 3.82. The maximum Gasteiger partial charge on any atom is 0.323 e. The van der Waals surface area contributed by atoms with Gasteiger partial charge in [0.05, 0.1) is 41.3 Å². The number of carboxylic acids is 1. The summed E-state index contributed by atoms with van der Waals surface area (Å²) in [5.41, 5.74) is 3.78. The molecule has 0 radical (unpaired) electrons. The first-order valence-corrected chi connectivity index (χ1v) is 13.2. The maximum absolute atomic E-state index is 12.6. The number of para-hydroxylation sites is 1. The fourth-order valence-corrected chi connectivity index (χ4v) is 4.45. The standard InChI is InChI=1S/C29H27N5O5S/c1-18-5-2-3-6-22(18)34-29(39)32-20-10-8-19(9-11-20)15-26(35)31-21-12-13-23(30-17-21)24(16-27(36)37)33-28(38)25-7-4-14-40-25/h2-14,17,24H,15-16H2,1H3,(H,31,35)(H,33,38)(H,36,37)(H2,32,34,39). The number of benzene rings is 2. The zero-order valence-electron chi connectivity index (χ0n) is 21.5. The molecule has 5 N–H and O–H groups in total. The average Bonchev–Trinajstić information content (AvgIpc) is 3.46. The third-order valence-electron chi connectivity index (χ3n) is 5.83. The Labute approximate surface area is 234 Å². The minimum Gasteiger partial charge on any atom is -0.481 e. The summed E-state index contributed by atoms with van der Waals surface area (Å²) < 4.78 is 0. The van der Waals surface area contributed by atoms with E-state index in [1.54, 1.807) is 53.9 Å². The van der Waals surface area contributed by atoms with E-state index < -0.39 is 12.0 Å². The Morgan fingerprint density at radius 3 is 2.27 bits per heavy atom. The van der Waals surface area contributed by atoms with Gasteiger partial charge in [-0.2, -0.15) is 0 Å². The molecule has 2 aromatic carbocycles. The van der Waals surface area contributed by atoms with Crippen LogP contribution in [0.4, 0.5) is 21.9 Å². The van der Waals surface area contributed by atoms with Gasteiger partial charge in [-0.15, -0.1) is 11.3 Å². The van der Waals surface area contributed by atoms with Crippen molar-refractivity contribution in [2.24, 2.45) is 0 Å². The van der Waals surface area contributed by atoms with Gasteiger partial charge in [-0.3, -0.25) is 19.4 Å². The quantitative estimate of drug-likeness (QED) is 0.180. The molecular formula is C29H27N5O5S. The van der Waals surface area contributed by atoms with Crippen LogP contribution in [0.25, 0.3) is 0 Å². The van der Waals surface area contributed by atoms with Crippen LogP contribution in [-0.2, 0) is 16.0 Å². The van der Waals surface area contributed by atoms with Crippen molar-refractivity contribution in [1.29, 1.82) is 0 Å². The molecule has 4 amide bonds. The van der Waals surface area contributed by atoms with Crippen molar-refractivity contribution in [3.05, 3.63) is 106 Å². The van der Waals surface area contributed by atoms with E-state index >= 15 is 0 Å². The van der Waals surface area contributed by atoms with Crippen molar-refractivity contribution < 1.29 is 24.3 Å². The van der Waals surface area contributed by atoms with Gasteiger partial charge in [-0.05, 0) is 59.8 Å². The number of amides is 4. The van der Waals surface area contributed by atoms with Crippen LogP contribution in [0.2, 0.25) is 0 Å². The number of rotatable bonds is 10. The number of thiophene rings is 1. The molecule has 0 aliphatic rings. The first kappa shape index (κ1) is 28.0. The number of anilines is 3. The Kier molecular flexibility index (Phi) is 9.21. The molecule has 0 saturated carbocycles. The predicted octanol–water partition coefficient (Wildman–Crippen LogP) is 5.22. The number of aliphatic carboxylic acids is 1. The Morgan fingerprint density at radius 2 is 1.62 bits per heavy atom. The predicted molar refractivity (Wildman–Crippen MR) is 154 cm³/mol. The third kappa shape index (κ3) is 7.98. The number of aromatic nitrogens is 1. The van der Waals surface area contributed by atoms with Gasteiger partial charge < -0.3 is 26.4 Å². The summed E-state index contributed by atoms with van der Waals surface area (Å²) in [5.74, 6) is -1.74. The summed E-state index contributed by atoms with van der Waals surface area (Å²) in [4.78, 5) is 53.3. The zero-order valence-corrected chi connectivity index (χ0v) is 22.3. The highest BCUT2D eigenvalue weighted by Gasteiger charge is 2.21. The molecule has 0 bridgehead atoms. The summed E-state index contributed by atoms with van der Waals surface area (Å²) in [6.07, 6.45) is 1.17. The molecule has 0 aliphatic carbocycles. The van der Waals surface area contributed by atoms with Gasteiger partial charge in [0, 0.05) is 11.4 Å². The van der Waals surface area contributed by atoms with Crippen LogP contribution in [0, 0.1) is 6.92 Å². The highest BCUT2D eigenvalue weighted by Crippen LogP contribution is 2.20. The number of pyridine rings is 1. The van der Waals surface area contributed by atoms with Gasteiger partial charge in [-0.25, -0.2) is 4.79 Å². The average molecular weight is 558 g/mol. The molecule has 0 saturated heterocycles. The largest absolute Gasteiger partial charge is 0.481 e. The lowest BCUT2D eigenvalue weighted by molar-refractivity contribution is -0.137. The van der Waals surface area contributed by atoms with Crippen molar-refractivity contribution in [3.63, 3.8) is 0 Å². The number of hydrogen-bond acceptors (Lipinski definition) is 6. The number of carboxylic acid groups (broad SMARTS) is 1. The van der Waals surface area contributed by atoms with Crippen molar-refractivity contribution in [3.8, 4) is 0 Å². The van der Waals surface area contributed by atoms with E-state index in [4.69, 9.17) is 0 Å². The SMILES string of the molecule is Cc1ccccc1NC(=O)Nc1ccc(CC(=O)Nc2ccc(C(CC(=O)O)NC(=O)c3cccs3)nc2)cc1. The van der Waals surface area contributed by atoms with Gasteiger partial charge >= 0.3 is 12.0 Å². The number of aryl methyl sites for hydroxylation is 1. The van der Waals surface area contributed by atoms with Crippen molar-refractivity contribution in [2.75, 3.05) is 16.0 Å². The third-order valence-corrected chi connectivity index (χ3v) is 6.69. The van der Waals surface area contributed by atoms with Gasteiger partial charge in [0.2, 0.25) is 5.91 Å². The highest BCUT2D eigenvalue weighted by molar-refractivity contribution is 7.12. The van der Waals surface area contributed by atoms with E-state index in [0.717, 1.165) is 16.8 Å². The van der Waals surface area contributed by atoms with E-state index in [1.807, 2.05) is 31.2 Å². The lowest BCUT2D eigenvalue weighted by atomic mass is 10.1. The number of carbonyl (C=O) groups is 4. The Hall–Kier alpha value is -5.03. The summed E-state index contributed by atoms with van der Waals surface area (Å²) in [6, 6.07) is 19.7. The second kappa shape index (κ2) is 13.2. The van der Waals surface area contributed by atoms with E-state index in [9.17, 15) is 24.3 Å². The summed E-state index contributed by atoms with van der Waals surface area (Å²) >= 11 is 1.25. The molecule has 1 atom stereocenters. The molecule has 0 spiro atoms. The van der Waals surface area contributed by atoms with Crippen LogP contribution >= 0.6 is 11.3 Å². The Bertz CT molecular complexity index is 1490. The smallest absolute Gasteiger partial charge is 0.323 e. The molecule has 204 valence electrons. The van der Waals surface area contributed by atoms with Crippen LogP contribution in [-0.4, -0.2) is 33.9 Å². The van der Waals surface area contributed by atoms with E-state index in [0.29, 0.717) is 21.9 Å². The van der Waals surface area contributed by atoms with E-state index in [2.05, 4.69) is 26.3 Å². The maximum atomic E-state index is 12.6. The summed E-state index contributed by atoms with van der Waals surface area (Å²) in [7, 11) is 0. The molecule has 0 aliphatic heterocycles. The second-order valence-corrected chi connectivity index (χ2v) is 9.84. The minimum absolute atomic E-state index is 0.0932. The summed E-state index contributed by atoms with van der Waals surface area (Å²) in [5, 5.41) is 22.1. The molecule has 11 heteroatoms. The first-order valence-electron chi connectivity index (χ1n) is 12.3. The minimum atomic E-state index is -1.08. The van der Waals surface area contributed by atoms with Gasteiger partial charge in [0.1, 0.15) is 0 Å². The fraction of sp³-hybridized carbons (Fsp3) is 0.138. The van der Waals surface area contributed by atoms with E-state index in [1.165, 1.54) is 17.5 Å². The number of carbonyl (C=O) groups excluding carboxylic acids is 3. The molecule has 2 aromatic heterocycles. The highest BCUT2D eigenvalue weighted by atomic mass is 32.1. The van der Waals surface area contributed by atoms with Crippen LogP contribution in [0.5, 0.6) is 0 Å². The molecule has 4 rings (SSSR count). The number of nitrogens with one attached hydrogen (secondary N) is 4. The van der Waals surface area contributed by atoms with Gasteiger partial charge in [0.25, 0.3) is 5.91 Å². The van der Waals surface area contributed by atoms with Crippen LogP contribution in [0.1, 0.15) is 39.0 Å². The van der Waals surface area contributed by atoms with Gasteiger partial charge in [0.15, 0.2) is 0 Å². The van der Waals surface area contributed by atoms with Gasteiger partial charge in [-0.1, -0.05) is 36.4 Å².